The van der Waals surface area contributed by atoms with Crippen LogP contribution in [0.5, 0.6) is 0 Å². The van der Waals surface area contributed by atoms with Gasteiger partial charge >= 0.3 is 0 Å². The molecule has 0 saturated heterocycles. The lowest BCUT2D eigenvalue weighted by atomic mass is 9.96. The van der Waals surface area contributed by atoms with Crippen LogP contribution in [-0.4, -0.2) is 21.5 Å². The van der Waals surface area contributed by atoms with Crippen molar-refractivity contribution in [2.45, 2.75) is 25.2 Å². The summed E-state index contributed by atoms with van der Waals surface area (Å²) in [6, 6.07) is 23.1. The standard InChI is InChI=1S/C25H26N2O2S/c1-3-27-16-15-22-17-21(11-14-25(22)27)24(20-7-5-4-6-8-20)18-26-30(28,29)23-12-9-19(2)10-13-23/h4-14,17-18,26H,3,15-16H2,1-2H3. The lowest BCUT2D eigenvalue weighted by Crippen LogP contribution is -2.19. The van der Waals surface area contributed by atoms with Crippen molar-refractivity contribution in [1.82, 2.24) is 4.72 Å². The lowest BCUT2D eigenvalue weighted by Gasteiger charge is -2.17. The Morgan fingerprint density at radius 2 is 1.73 bits per heavy atom. The average Bonchev–Trinajstić information content (AvgIpc) is 3.17. The number of hydrogen-bond acceptors (Lipinski definition) is 3. The number of anilines is 1. The normalized spacial score (nSPS) is 13.9. The van der Waals surface area contributed by atoms with Crippen LogP contribution in [0.4, 0.5) is 5.69 Å². The molecule has 0 spiro atoms. The molecule has 3 aromatic rings. The molecule has 4 nitrogen and oxygen atoms in total. The van der Waals surface area contributed by atoms with Crippen molar-refractivity contribution < 1.29 is 8.42 Å². The second-order valence-corrected chi connectivity index (χ2v) is 9.25. The summed E-state index contributed by atoms with van der Waals surface area (Å²) in [4.78, 5) is 2.62. The van der Waals surface area contributed by atoms with E-state index in [1.54, 1.807) is 30.5 Å². The van der Waals surface area contributed by atoms with Crippen molar-refractivity contribution in [3.8, 4) is 0 Å². The molecule has 0 aliphatic carbocycles. The molecule has 0 fully saturated rings. The van der Waals surface area contributed by atoms with E-state index in [2.05, 4.69) is 34.7 Å². The summed E-state index contributed by atoms with van der Waals surface area (Å²) in [6.45, 7) is 6.12. The van der Waals surface area contributed by atoms with Crippen LogP contribution < -0.4 is 9.62 Å². The average molecular weight is 419 g/mol. The fourth-order valence-corrected chi connectivity index (χ4v) is 4.74. The molecular weight excluding hydrogens is 392 g/mol. The van der Waals surface area contributed by atoms with E-state index >= 15 is 0 Å². The van der Waals surface area contributed by atoms with Gasteiger partial charge in [0, 0.05) is 30.5 Å². The number of rotatable bonds is 6. The highest BCUT2D eigenvalue weighted by atomic mass is 32.2. The van der Waals surface area contributed by atoms with Crippen LogP contribution in [0.25, 0.3) is 5.57 Å². The number of hydrogen-bond donors (Lipinski definition) is 1. The van der Waals surface area contributed by atoms with Gasteiger partial charge in [0.25, 0.3) is 10.0 Å². The van der Waals surface area contributed by atoms with E-state index in [-0.39, 0.29) is 4.90 Å². The summed E-state index contributed by atoms with van der Waals surface area (Å²) >= 11 is 0. The molecule has 30 heavy (non-hydrogen) atoms. The summed E-state index contributed by atoms with van der Waals surface area (Å²) < 4.78 is 28.3. The smallest absolute Gasteiger partial charge is 0.261 e. The van der Waals surface area contributed by atoms with E-state index in [0.29, 0.717) is 0 Å². The van der Waals surface area contributed by atoms with Gasteiger partial charge in [-0.1, -0.05) is 54.1 Å². The molecule has 4 rings (SSSR count). The molecule has 0 aromatic heterocycles. The summed E-state index contributed by atoms with van der Waals surface area (Å²) in [7, 11) is -3.65. The minimum absolute atomic E-state index is 0.254. The van der Waals surface area contributed by atoms with E-state index in [9.17, 15) is 8.42 Å². The van der Waals surface area contributed by atoms with Gasteiger partial charge < -0.3 is 4.90 Å². The molecular formula is C25H26N2O2S. The predicted octanol–water partition coefficient (Wildman–Crippen LogP) is 4.75. The predicted molar refractivity (Wildman–Crippen MR) is 123 cm³/mol. The Balaban J connectivity index is 1.72. The molecule has 1 N–H and O–H groups in total. The number of fused-ring (bicyclic) bond motifs is 1. The summed E-state index contributed by atoms with van der Waals surface area (Å²) in [5, 5.41) is 0. The Kier molecular flexibility index (Phi) is 5.64. The van der Waals surface area contributed by atoms with Crippen molar-refractivity contribution in [2.24, 2.45) is 0 Å². The summed E-state index contributed by atoms with van der Waals surface area (Å²) in [5.41, 5.74) is 6.42. The SMILES string of the molecule is CCN1CCc2cc(C(=CNS(=O)(=O)c3ccc(C)cc3)c3ccccc3)ccc21. The van der Waals surface area contributed by atoms with Gasteiger partial charge in [0.15, 0.2) is 0 Å². The van der Waals surface area contributed by atoms with Gasteiger partial charge in [0.05, 0.1) is 4.90 Å². The van der Waals surface area contributed by atoms with Crippen molar-refractivity contribution >= 4 is 21.3 Å². The van der Waals surface area contributed by atoms with Gasteiger partial charge in [-0.2, -0.15) is 0 Å². The first-order chi connectivity index (χ1) is 14.5. The second kappa shape index (κ2) is 8.36. The number of sulfonamides is 1. The molecule has 0 bridgehead atoms. The minimum atomic E-state index is -3.65. The molecule has 1 aliphatic rings. The van der Waals surface area contributed by atoms with Crippen LogP contribution in [0.1, 0.15) is 29.2 Å². The third-order valence-electron chi connectivity index (χ3n) is 5.54. The molecule has 0 unspecified atom stereocenters. The van der Waals surface area contributed by atoms with Crippen LogP contribution in [0, 0.1) is 6.92 Å². The molecule has 1 aliphatic heterocycles. The van der Waals surface area contributed by atoms with Gasteiger partial charge in [0.1, 0.15) is 0 Å². The zero-order valence-electron chi connectivity index (χ0n) is 17.3. The molecule has 0 radical (unpaired) electrons. The van der Waals surface area contributed by atoms with Crippen molar-refractivity contribution in [1.29, 1.82) is 0 Å². The zero-order chi connectivity index (χ0) is 21.1. The zero-order valence-corrected chi connectivity index (χ0v) is 18.1. The fourth-order valence-electron chi connectivity index (χ4n) is 3.84. The molecule has 154 valence electrons. The van der Waals surface area contributed by atoms with Gasteiger partial charge in [-0.25, -0.2) is 8.42 Å². The number of benzene rings is 3. The highest BCUT2D eigenvalue weighted by Gasteiger charge is 2.19. The monoisotopic (exact) mass is 418 g/mol. The quantitative estimate of drug-likeness (QED) is 0.629. The molecule has 5 heteroatoms. The van der Waals surface area contributed by atoms with Crippen molar-refractivity contribution in [3.63, 3.8) is 0 Å². The largest absolute Gasteiger partial charge is 0.371 e. The molecule has 0 amide bonds. The topological polar surface area (TPSA) is 49.4 Å². The Labute approximate surface area is 178 Å². The highest BCUT2D eigenvalue weighted by Crippen LogP contribution is 2.32. The van der Waals surface area contributed by atoms with Crippen LogP contribution in [0.2, 0.25) is 0 Å². The highest BCUT2D eigenvalue weighted by molar-refractivity contribution is 7.89. The minimum Gasteiger partial charge on any atom is -0.371 e. The van der Waals surface area contributed by atoms with Crippen LogP contribution in [0.3, 0.4) is 0 Å². The van der Waals surface area contributed by atoms with E-state index in [4.69, 9.17) is 0 Å². The van der Waals surface area contributed by atoms with Gasteiger partial charge in [0.2, 0.25) is 0 Å². The maximum atomic E-state index is 12.8. The second-order valence-electron chi connectivity index (χ2n) is 7.53. The molecule has 3 aromatic carbocycles. The van der Waals surface area contributed by atoms with E-state index < -0.39 is 10.0 Å². The van der Waals surface area contributed by atoms with Gasteiger partial charge in [-0.3, -0.25) is 4.72 Å². The molecule has 0 atom stereocenters. The van der Waals surface area contributed by atoms with Crippen LogP contribution >= 0.6 is 0 Å². The maximum absolute atomic E-state index is 12.8. The van der Waals surface area contributed by atoms with Crippen molar-refractivity contribution in [3.05, 3.63) is 101 Å². The Hall–Kier alpha value is -3.05. The van der Waals surface area contributed by atoms with E-state index in [0.717, 1.165) is 41.8 Å². The van der Waals surface area contributed by atoms with Gasteiger partial charge in [-0.05, 0) is 61.2 Å². The Bertz CT molecular complexity index is 1170. The Morgan fingerprint density at radius 1 is 1.00 bits per heavy atom. The Morgan fingerprint density at radius 3 is 2.43 bits per heavy atom. The van der Waals surface area contributed by atoms with Gasteiger partial charge in [-0.15, -0.1) is 0 Å². The van der Waals surface area contributed by atoms with Crippen LogP contribution in [-0.2, 0) is 16.4 Å². The maximum Gasteiger partial charge on any atom is 0.261 e. The number of aryl methyl sites for hydroxylation is 1. The number of likely N-dealkylation sites (N-methyl/N-ethyl adjacent to an activating group) is 1. The van der Waals surface area contributed by atoms with Crippen LogP contribution in [0.15, 0.2) is 83.9 Å². The van der Waals surface area contributed by atoms with E-state index in [1.807, 2.05) is 37.3 Å². The molecule has 1 heterocycles. The molecule has 0 saturated carbocycles. The third-order valence-corrected chi connectivity index (χ3v) is 6.86. The van der Waals surface area contributed by atoms with E-state index in [1.165, 1.54) is 11.3 Å². The van der Waals surface area contributed by atoms with Crippen molar-refractivity contribution in [2.75, 3.05) is 18.0 Å². The third kappa shape index (κ3) is 4.12. The fraction of sp³-hybridized carbons (Fsp3) is 0.200. The number of nitrogens with one attached hydrogen (secondary N) is 1. The summed E-state index contributed by atoms with van der Waals surface area (Å²) in [5.74, 6) is 0. The lowest BCUT2D eigenvalue weighted by molar-refractivity contribution is 0.590. The number of nitrogens with zero attached hydrogens (tertiary/aromatic N) is 1. The first kappa shape index (κ1) is 20.2. The summed E-state index contributed by atoms with van der Waals surface area (Å²) in [6.07, 6.45) is 2.62. The first-order valence-corrected chi connectivity index (χ1v) is 11.7. The first-order valence-electron chi connectivity index (χ1n) is 10.2.